The fraction of sp³-hybridized carbons (Fsp3) is 0.222. The molecule has 2 aromatic carbocycles. The Bertz CT molecular complexity index is 1400. The van der Waals surface area contributed by atoms with Gasteiger partial charge in [0.15, 0.2) is 0 Å². The van der Waals surface area contributed by atoms with E-state index in [1.807, 2.05) is 54.6 Å². The van der Waals surface area contributed by atoms with Crippen molar-refractivity contribution in [1.82, 2.24) is 19.0 Å². The van der Waals surface area contributed by atoms with E-state index in [-0.39, 0.29) is 17.5 Å². The molecule has 2 N–H and O–H groups in total. The predicted molar refractivity (Wildman–Crippen MR) is 137 cm³/mol. The first-order valence-corrected chi connectivity index (χ1v) is 11.3. The van der Waals surface area contributed by atoms with E-state index in [9.17, 15) is 9.59 Å². The number of hydrogen-bond acceptors (Lipinski definition) is 5. The van der Waals surface area contributed by atoms with Crippen LogP contribution in [0.1, 0.15) is 25.8 Å². The van der Waals surface area contributed by atoms with E-state index in [1.165, 1.54) is 0 Å². The van der Waals surface area contributed by atoms with Crippen LogP contribution >= 0.6 is 0 Å². The maximum Gasteiger partial charge on any atom is 0.334 e. The molecule has 8 nitrogen and oxygen atoms in total. The first-order valence-electron chi connectivity index (χ1n) is 11.3. The van der Waals surface area contributed by atoms with Crippen molar-refractivity contribution in [2.45, 2.75) is 25.8 Å². The number of benzene rings is 2. The van der Waals surface area contributed by atoms with Crippen molar-refractivity contribution in [3.63, 3.8) is 0 Å². The molecule has 3 heterocycles. The maximum absolute atomic E-state index is 13.6. The number of ether oxygens (including phenoxy) is 1. The SMILES string of the molecule is C#CC.Nc1nccc2c1n(-c1ccc(Oc3ccccc3)cc1)c(=O)n2C1CCCN(C=O)C1. The van der Waals surface area contributed by atoms with Crippen molar-refractivity contribution < 1.29 is 9.53 Å². The number of pyridine rings is 1. The number of anilines is 1. The van der Waals surface area contributed by atoms with E-state index in [2.05, 4.69) is 17.3 Å². The van der Waals surface area contributed by atoms with Gasteiger partial charge in [-0.05, 0) is 62.2 Å². The molecule has 8 heteroatoms. The van der Waals surface area contributed by atoms with Crippen LogP contribution in [0, 0.1) is 12.3 Å². The number of imidazole rings is 1. The lowest BCUT2D eigenvalue weighted by atomic mass is 10.1. The van der Waals surface area contributed by atoms with Gasteiger partial charge in [0.1, 0.15) is 22.8 Å². The zero-order valence-electron chi connectivity index (χ0n) is 19.5. The summed E-state index contributed by atoms with van der Waals surface area (Å²) >= 11 is 0. The van der Waals surface area contributed by atoms with E-state index in [0.717, 1.165) is 25.0 Å². The number of likely N-dealkylation sites (tertiary alicyclic amines) is 1. The molecule has 5 rings (SSSR count). The highest BCUT2D eigenvalue weighted by molar-refractivity contribution is 5.87. The number of terminal acetylenes is 1. The van der Waals surface area contributed by atoms with Crippen molar-refractivity contribution in [1.29, 1.82) is 0 Å². The van der Waals surface area contributed by atoms with E-state index in [4.69, 9.17) is 10.5 Å². The molecule has 35 heavy (non-hydrogen) atoms. The highest BCUT2D eigenvalue weighted by atomic mass is 16.5. The number of carbonyl (C=O) groups is 1. The summed E-state index contributed by atoms with van der Waals surface area (Å²) < 4.78 is 9.20. The number of rotatable bonds is 5. The quantitative estimate of drug-likeness (QED) is 0.352. The fourth-order valence-electron chi connectivity index (χ4n) is 4.36. The minimum absolute atomic E-state index is 0.118. The first-order chi connectivity index (χ1) is 17.1. The van der Waals surface area contributed by atoms with Crippen molar-refractivity contribution in [2.24, 2.45) is 0 Å². The number of fused-ring (bicyclic) bond motifs is 1. The summed E-state index contributed by atoms with van der Waals surface area (Å²) in [5, 5.41) is 0. The summed E-state index contributed by atoms with van der Waals surface area (Å²) in [7, 11) is 0. The average molecular weight is 470 g/mol. The smallest absolute Gasteiger partial charge is 0.334 e. The Morgan fingerprint density at radius 1 is 1.11 bits per heavy atom. The number of hydrogen-bond donors (Lipinski definition) is 1. The van der Waals surface area contributed by atoms with Gasteiger partial charge in [-0.15, -0.1) is 12.3 Å². The molecule has 0 radical (unpaired) electrons. The number of para-hydroxylation sites is 1. The monoisotopic (exact) mass is 469 g/mol. The summed E-state index contributed by atoms with van der Waals surface area (Å²) in [4.78, 5) is 30.9. The topological polar surface area (TPSA) is 95.4 Å². The number of nitrogen functional groups attached to an aromatic ring is 1. The Morgan fingerprint density at radius 2 is 1.80 bits per heavy atom. The average Bonchev–Trinajstić information content (AvgIpc) is 3.18. The molecule has 1 saturated heterocycles. The Morgan fingerprint density at radius 3 is 2.49 bits per heavy atom. The molecular weight excluding hydrogens is 442 g/mol. The largest absolute Gasteiger partial charge is 0.457 e. The minimum Gasteiger partial charge on any atom is -0.457 e. The minimum atomic E-state index is -0.200. The van der Waals surface area contributed by atoms with Gasteiger partial charge < -0.3 is 15.4 Å². The van der Waals surface area contributed by atoms with Crippen molar-refractivity contribution >= 4 is 23.3 Å². The van der Waals surface area contributed by atoms with Crippen molar-refractivity contribution in [2.75, 3.05) is 18.8 Å². The number of piperidine rings is 1. The standard InChI is InChI=1S/C24H23N5O3.C3H4/c25-23-22-21(12-13-26-23)28(18-5-4-14-27(15-18)16-30)24(31)29(22)17-8-10-20(11-9-17)32-19-6-2-1-3-7-19;1-3-2/h1-3,6-13,16,18H,4-5,14-15H2,(H2,25,26);1H,2H3. The van der Waals surface area contributed by atoms with E-state index in [0.29, 0.717) is 35.6 Å². The zero-order valence-corrected chi connectivity index (χ0v) is 19.5. The summed E-state index contributed by atoms with van der Waals surface area (Å²) in [5.41, 5.74) is 7.96. The van der Waals surface area contributed by atoms with E-state index >= 15 is 0 Å². The van der Waals surface area contributed by atoms with Crippen LogP contribution in [0.15, 0.2) is 71.7 Å². The molecule has 2 aromatic heterocycles. The number of carbonyl (C=O) groups excluding carboxylic acids is 1. The predicted octanol–water partition coefficient (Wildman–Crippen LogP) is 3.99. The van der Waals surface area contributed by atoms with Crippen LogP contribution in [0.25, 0.3) is 16.7 Å². The lowest BCUT2D eigenvalue weighted by Gasteiger charge is -2.30. The molecule has 1 aliphatic heterocycles. The zero-order chi connectivity index (χ0) is 24.8. The third-order valence-electron chi connectivity index (χ3n) is 5.83. The van der Waals surface area contributed by atoms with Gasteiger partial charge in [0, 0.05) is 19.3 Å². The van der Waals surface area contributed by atoms with Crippen LogP contribution in [0.4, 0.5) is 5.82 Å². The molecule has 0 aliphatic carbocycles. The molecule has 178 valence electrons. The molecule has 0 spiro atoms. The number of nitrogens with zero attached hydrogens (tertiary/aromatic N) is 4. The third kappa shape index (κ3) is 4.89. The van der Waals surface area contributed by atoms with Crippen LogP contribution in [0.3, 0.4) is 0 Å². The molecule has 1 atom stereocenters. The molecule has 1 unspecified atom stereocenters. The fourth-order valence-corrected chi connectivity index (χ4v) is 4.36. The van der Waals surface area contributed by atoms with Crippen molar-refractivity contribution in [3.05, 3.63) is 77.3 Å². The third-order valence-corrected chi connectivity index (χ3v) is 5.83. The lowest BCUT2D eigenvalue weighted by Crippen LogP contribution is -2.39. The van der Waals surface area contributed by atoms with Crippen LogP contribution in [0.5, 0.6) is 11.5 Å². The molecule has 1 fully saturated rings. The number of aromatic nitrogens is 3. The molecule has 1 amide bonds. The van der Waals surface area contributed by atoms with Gasteiger partial charge in [-0.1, -0.05) is 18.2 Å². The van der Waals surface area contributed by atoms with Crippen LogP contribution < -0.4 is 16.2 Å². The second kappa shape index (κ2) is 10.6. The first kappa shape index (κ1) is 23.6. The van der Waals surface area contributed by atoms with Crippen LogP contribution in [-0.4, -0.2) is 38.5 Å². The van der Waals surface area contributed by atoms with Crippen molar-refractivity contribution in [3.8, 4) is 29.5 Å². The van der Waals surface area contributed by atoms with Crippen LogP contribution in [0.2, 0.25) is 0 Å². The van der Waals surface area contributed by atoms with Gasteiger partial charge in [0.2, 0.25) is 6.41 Å². The normalized spacial score (nSPS) is 15.1. The molecule has 1 aliphatic rings. The van der Waals surface area contributed by atoms with Gasteiger partial charge >= 0.3 is 5.69 Å². The number of nitrogens with two attached hydrogens (primary N) is 1. The van der Waals surface area contributed by atoms with Gasteiger partial charge in [0.25, 0.3) is 0 Å². The van der Waals surface area contributed by atoms with Crippen LogP contribution in [-0.2, 0) is 4.79 Å². The highest BCUT2D eigenvalue weighted by Crippen LogP contribution is 2.29. The second-order valence-corrected chi connectivity index (χ2v) is 8.15. The molecule has 4 aromatic rings. The summed E-state index contributed by atoms with van der Waals surface area (Å²) in [6.07, 6.45) is 8.71. The molecular formula is C27H27N5O3. The lowest BCUT2D eigenvalue weighted by molar-refractivity contribution is -0.119. The van der Waals surface area contributed by atoms with Gasteiger partial charge in [-0.3, -0.25) is 13.9 Å². The maximum atomic E-state index is 13.6. The van der Waals surface area contributed by atoms with E-state index < -0.39 is 0 Å². The molecule has 0 saturated carbocycles. The summed E-state index contributed by atoms with van der Waals surface area (Å²) in [5.74, 6) is 3.93. The Balaban J connectivity index is 0.000000917. The van der Waals surface area contributed by atoms with E-state index in [1.54, 1.807) is 33.2 Å². The van der Waals surface area contributed by atoms with Gasteiger partial charge in [-0.25, -0.2) is 9.78 Å². The van der Waals surface area contributed by atoms with Gasteiger partial charge in [0.05, 0.1) is 17.2 Å². The van der Waals surface area contributed by atoms with Gasteiger partial charge in [-0.2, -0.15) is 0 Å². The Kier molecular flexibility index (Phi) is 7.17. The summed E-state index contributed by atoms with van der Waals surface area (Å²) in [6, 6.07) is 18.5. The summed E-state index contributed by atoms with van der Waals surface area (Å²) in [6.45, 7) is 2.86. The Hall–Kier alpha value is -4.51. The highest BCUT2D eigenvalue weighted by Gasteiger charge is 2.26. The number of amides is 1. The Labute approximate surface area is 203 Å². The second-order valence-electron chi connectivity index (χ2n) is 8.15. The molecule has 0 bridgehead atoms.